The highest BCUT2D eigenvalue weighted by Gasteiger charge is 2.20. The summed E-state index contributed by atoms with van der Waals surface area (Å²) < 4.78 is 44.5. The standard InChI is InChI=1S/C21H22BrN3O5S/c1-3-29-19-10-6-16(22)14-20(19)31(26,27)23-12-13-30-21-11-9-18(24-25-21)15-4-7-17(28-2)8-5-15/h4-11,14,23H,3,12-13H2,1-2H3. The lowest BCUT2D eigenvalue weighted by molar-refractivity contribution is 0.306. The van der Waals surface area contributed by atoms with Crippen LogP contribution in [0.15, 0.2) is 64.0 Å². The highest BCUT2D eigenvalue weighted by atomic mass is 79.9. The second kappa shape index (κ2) is 10.6. The summed E-state index contributed by atoms with van der Waals surface area (Å²) in [5, 5.41) is 8.18. The van der Waals surface area contributed by atoms with Crippen molar-refractivity contribution < 1.29 is 22.6 Å². The lowest BCUT2D eigenvalue weighted by Crippen LogP contribution is -2.28. The predicted octanol–water partition coefficient (Wildman–Crippen LogP) is 3.67. The molecule has 3 aromatic rings. The molecular weight excluding hydrogens is 486 g/mol. The molecule has 10 heteroatoms. The molecule has 0 saturated carbocycles. The molecule has 8 nitrogen and oxygen atoms in total. The Morgan fingerprint density at radius 1 is 1.00 bits per heavy atom. The largest absolute Gasteiger partial charge is 0.497 e. The summed E-state index contributed by atoms with van der Waals surface area (Å²) in [7, 11) is -2.16. The molecule has 1 heterocycles. The second-order valence-electron chi connectivity index (χ2n) is 6.26. The van der Waals surface area contributed by atoms with Crippen molar-refractivity contribution >= 4 is 26.0 Å². The van der Waals surface area contributed by atoms with E-state index in [0.29, 0.717) is 28.4 Å². The number of ether oxygens (including phenoxy) is 3. The quantitative estimate of drug-likeness (QED) is 0.417. The van der Waals surface area contributed by atoms with Crippen molar-refractivity contribution in [2.75, 3.05) is 26.9 Å². The van der Waals surface area contributed by atoms with Gasteiger partial charge in [-0.3, -0.25) is 0 Å². The van der Waals surface area contributed by atoms with Crippen molar-refractivity contribution in [3.63, 3.8) is 0 Å². The van der Waals surface area contributed by atoms with Gasteiger partial charge in [-0.1, -0.05) is 15.9 Å². The Labute approximate surface area is 189 Å². The van der Waals surface area contributed by atoms with Crippen LogP contribution in [-0.2, 0) is 10.0 Å². The van der Waals surface area contributed by atoms with Crippen LogP contribution in [0.25, 0.3) is 11.3 Å². The van der Waals surface area contributed by atoms with E-state index < -0.39 is 10.0 Å². The number of methoxy groups -OCH3 is 1. The fourth-order valence-corrected chi connectivity index (χ4v) is 4.38. The Kier molecular flexibility index (Phi) is 7.83. The van der Waals surface area contributed by atoms with Gasteiger partial charge in [-0.05, 0) is 55.5 Å². The Bertz CT molecular complexity index is 1110. The van der Waals surface area contributed by atoms with Crippen LogP contribution in [0.1, 0.15) is 6.92 Å². The lowest BCUT2D eigenvalue weighted by atomic mass is 10.1. The number of hydrogen-bond donors (Lipinski definition) is 1. The molecule has 0 bridgehead atoms. The number of aromatic nitrogens is 2. The third kappa shape index (κ3) is 6.16. The smallest absolute Gasteiger partial charge is 0.244 e. The minimum Gasteiger partial charge on any atom is -0.497 e. The minimum absolute atomic E-state index is 0.0579. The SMILES string of the molecule is CCOc1ccc(Br)cc1S(=O)(=O)NCCOc1ccc(-c2ccc(OC)cc2)nn1. The summed E-state index contributed by atoms with van der Waals surface area (Å²) >= 11 is 3.29. The van der Waals surface area contributed by atoms with E-state index in [1.54, 1.807) is 38.3 Å². The van der Waals surface area contributed by atoms with Crippen molar-refractivity contribution in [2.24, 2.45) is 0 Å². The van der Waals surface area contributed by atoms with Gasteiger partial charge in [0.1, 0.15) is 23.0 Å². The molecule has 0 saturated heterocycles. The highest BCUT2D eigenvalue weighted by Crippen LogP contribution is 2.27. The van der Waals surface area contributed by atoms with E-state index in [9.17, 15) is 8.42 Å². The first kappa shape index (κ1) is 23.0. The van der Waals surface area contributed by atoms with Crippen molar-refractivity contribution in [2.45, 2.75) is 11.8 Å². The van der Waals surface area contributed by atoms with Gasteiger partial charge < -0.3 is 14.2 Å². The molecule has 164 valence electrons. The van der Waals surface area contributed by atoms with Gasteiger partial charge in [0.05, 0.1) is 19.4 Å². The Hall–Kier alpha value is -2.69. The van der Waals surface area contributed by atoms with Gasteiger partial charge in [0.2, 0.25) is 15.9 Å². The van der Waals surface area contributed by atoms with E-state index in [2.05, 4.69) is 30.8 Å². The zero-order valence-electron chi connectivity index (χ0n) is 17.0. The van der Waals surface area contributed by atoms with Crippen molar-refractivity contribution in [3.8, 4) is 28.6 Å². The number of hydrogen-bond acceptors (Lipinski definition) is 7. The average Bonchev–Trinajstić information content (AvgIpc) is 2.78. The number of nitrogens with zero attached hydrogens (tertiary/aromatic N) is 2. The monoisotopic (exact) mass is 507 g/mol. The first-order valence-corrected chi connectivity index (χ1v) is 11.7. The van der Waals surface area contributed by atoms with E-state index in [-0.39, 0.29) is 18.0 Å². The van der Waals surface area contributed by atoms with Crippen LogP contribution >= 0.6 is 15.9 Å². The van der Waals surface area contributed by atoms with Crippen molar-refractivity contribution in [3.05, 3.63) is 59.1 Å². The molecular formula is C21H22BrN3O5S. The molecule has 0 atom stereocenters. The van der Waals surface area contributed by atoms with E-state index in [1.165, 1.54) is 6.07 Å². The van der Waals surface area contributed by atoms with Crippen LogP contribution < -0.4 is 18.9 Å². The van der Waals surface area contributed by atoms with E-state index in [4.69, 9.17) is 14.2 Å². The summed E-state index contributed by atoms with van der Waals surface area (Å²) in [6.45, 7) is 2.30. The van der Waals surface area contributed by atoms with Crippen LogP contribution in [0, 0.1) is 0 Å². The van der Waals surface area contributed by atoms with E-state index in [0.717, 1.165) is 11.3 Å². The summed E-state index contributed by atoms with van der Waals surface area (Å²) in [5.74, 6) is 1.35. The Balaban J connectivity index is 1.56. The molecule has 0 aliphatic heterocycles. The third-order valence-electron chi connectivity index (χ3n) is 4.17. The lowest BCUT2D eigenvalue weighted by Gasteiger charge is -2.12. The van der Waals surface area contributed by atoms with Gasteiger partial charge in [-0.25, -0.2) is 13.1 Å². The summed E-state index contributed by atoms with van der Waals surface area (Å²) in [6.07, 6.45) is 0. The van der Waals surface area contributed by atoms with Gasteiger partial charge in [0.25, 0.3) is 0 Å². The molecule has 0 amide bonds. The van der Waals surface area contributed by atoms with Crippen LogP contribution in [-0.4, -0.2) is 45.5 Å². The van der Waals surface area contributed by atoms with Gasteiger partial charge >= 0.3 is 0 Å². The van der Waals surface area contributed by atoms with Gasteiger partial charge in [0, 0.05) is 22.6 Å². The molecule has 2 aromatic carbocycles. The van der Waals surface area contributed by atoms with Crippen molar-refractivity contribution in [1.29, 1.82) is 0 Å². The summed E-state index contributed by atoms with van der Waals surface area (Å²) in [6, 6.07) is 15.8. The first-order chi connectivity index (χ1) is 14.9. The molecule has 3 rings (SSSR count). The fourth-order valence-electron chi connectivity index (χ4n) is 2.69. The predicted molar refractivity (Wildman–Crippen MR) is 120 cm³/mol. The van der Waals surface area contributed by atoms with Crippen molar-refractivity contribution in [1.82, 2.24) is 14.9 Å². The fraction of sp³-hybridized carbons (Fsp3) is 0.238. The number of sulfonamides is 1. The van der Waals surface area contributed by atoms with Crippen LogP contribution in [0.3, 0.4) is 0 Å². The number of rotatable bonds is 10. The van der Waals surface area contributed by atoms with Gasteiger partial charge in [0.15, 0.2) is 0 Å². The maximum atomic E-state index is 12.6. The van der Waals surface area contributed by atoms with Crippen LogP contribution in [0.5, 0.6) is 17.4 Å². The van der Waals surface area contributed by atoms with Crippen LogP contribution in [0.4, 0.5) is 0 Å². The normalized spacial score (nSPS) is 11.2. The molecule has 0 aliphatic rings. The molecule has 0 aliphatic carbocycles. The van der Waals surface area contributed by atoms with Gasteiger partial charge in [-0.15, -0.1) is 10.2 Å². The highest BCUT2D eigenvalue weighted by molar-refractivity contribution is 9.10. The van der Waals surface area contributed by atoms with Crippen LogP contribution in [0.2, 0.25) is 0 Å². The Morgan fingerprint density at radius 3 is 2.42 bits per heavy atom. The zero-order valence-corrected chi connectivity index (χ0v) is 19.4. The Morgan fingerprint density at radius 2 is 1.77 bits per heavy atom. The number of nitrogens with one attached hydrogen (secondary N) is 1. The second-order valence-corrected chi connectivity index (χ2v) is 8.91. The van der Waals surface area contributed by atoms with Gasteiger partial charge in [-0.2, -0.15) is 0 Å². The summed E-state index contributed by atoms with van der Waals surface area (Å²) in [5.41, 5.74) is 1.58. The minimum atomic E-state index is -3.77. The third-order valence-corrected chi connectivity index (χ3v) is 6.14. The molecule has 31 heavy (non-hydrogen) atoms. The van der Waals surface area contributed by atoms with E-state index in [1.807, 2.05) is 24.3 Å². The molecule has 0 fully saturated rings. The maximum absolute atomic E-state index is 12.6. The molecule has 1 aromatic heterocycles. The number of benzene rings is 2. The average molecular weight is 508 g/mol. The molecule has 0 spiro atoms. The number of halogens is 1. The summed E-state index contributed by atoms with van der Waals surface area (Å²) in [4.78, 5) is 0.0624. The van der Waals surface area contributed by atoms with E-state index >= 15 is 0 Å². The molecule has 1 N–H and O–H groups in total. The first-order valence-electron chi connectivity index (χ1n) is 9.46. The molecule has 0 radical (unpaired) electrons. The molecule has 0 unspecified atom stereocenters. The maximum Gasteiger partial charge on any atom is 0.244 e. The zero-order chi connectivity index (χ0) is 22.3. The topological polar surface area (TPSA) is 99.6 Å².